The van der Waals surface area contributed by atoms with Crippen LogP contribution in [0.15, 0.2) is 60.7 Å². The molecule has 0 aliphatic heterocycles. The van der Waals surface area contributed by atoms with E-state index < -0.39 is 11.7 Å². The van der Waals surface area contributed by atoms with Crippen LogP contribution in [0.4, 0.5) is 13.2 Å². The fraction of sp³-hybridized carbons (Fsp3) is 0.0556. The number of fused-ring (bicyclic) bond motifs is 1. The van der Waals surface area contributed by atoms with Crippen molar-refractivity contribution < 1.29 is 18.0 Å². The van der Waals surface area contributed by atoms with E-state index in [1.807, 2.05) is 24.3 Å². The molecule has 0 bridgehead atoms. The molecule has 0 atom stereocenters. The van der Waals surface area contributed by atoms with Gasteiger partial charge in [0.1, 0.15) is 6.29 Å². The minimum Gasteiger partial charge on any atom is -0.298 e. The lowest BCUT2D eigenvalue weighted by atomic mass is 9.95. The van der Waals surface area contributed by atoms with Gasteiger partial charge in [-0.3, -0.25) is 4.79 Å². The van der Waals surface area contributed by atoms with E-state index >= 15 is 0 Å². The van der Waals surface area contributed by atoms with Crippen molar-refractivity contribution in [3.05, 3.63) is 71.8 Å². The third-order valence-electron chi connectivity index (χ3n) is 3.52. The van der Waals surface area contributed by atoms with Crippen LogP contribution in [0.2, 0.25) is 0 Å². The SMILES string of the molecule is O=Cc1cc(-c2cccc(C(F)(F)F)c2)c2ccccc2c1. The molecule has 0 fully saturated rings. The summed E-state index contributed by atoms with van der Waals surface area (Å²) in [7, 11) is 0. The Morgan fingerprint density at radius 1 is 0.864 bits per heavy atom. The van der Waals surface area contributed by atoms with Crippen molar-refractivity contribution in [2.45, 2.75) is 6.18 Å². The molecule has 1 nitrogen and oxygen atoms in total. The molecule has 3 rings (SSSR count). The first kappa shape index (κ1) is 14.3. The molecule has 0 N–H and O–H groups in total. The van der Waals surface area contributed by atoms with E-state index in [9.17, 15) is 18.0 Å². The van der Waals surface area contributed by atoms with Crippen LogP contribution in [0.25, 0.3) is 21.9 Å². The van der Waals surface area contributed by atoms with Gasteiger partial charge in [-0.15, -0.1) is 0 Å². The molecule has 110 valence electrons. The predicted molar refractivity (Wildman–Crippen MR) is 79.8 cm³/mol. The summed E-state index contributed by atoms with van der Waals surface area (Å²) in [5.74, 6) is 0. The summed E-state index contributed by atoms with van der Waals surface area (Å²) in [6, 6.07) is 15.8. The molecule has 0 aliphatic rings. The Kier molecular flexibility index (Phi) is 3.45. The van der Waals surface area contributed by atoms with E-state index in [1.54, 1.807) is 18.2 Å². The average Bonchev–Trinajstić information content (AvgIpc) is 2.53. The Balaban J connectivity index is 2.28. The van der Waals surface area contributed by atoms with Gasteiger partial charge in [-0.05, 0) is 46.2 Å². The number of hydrogen-bond acceptors (Lipinski definition) is 1. The van der Waals surface area contributed by atoms with Gasteiger partial charge in [-0.25, -0.2) is 0 Å². The fourth-order valence-electron chi connectivity index (χ4n) is 2.50. The first-order valence-electron chi connectivity index (χ1n) is 6.64. The van der Waals surface area contributed by atoms with Gasteiger partial charge >= 0.3 is 6.18 Å². The van der Waals surface area contributed by atoms with Crippen molar-refractivity contribution in [3.63, 3.8) is 0 Å². The number of hydrogen-bond donors (Lipinski definition) is 0. The maximum Gasteiger partial charge on any atom is 0.416 e. The third kappa shape index (κ3) is 2.60. The molecule has 22 heavy (non-hydrogen) atoms. The second kappa shape index (κ2) is 5.30. The van der Waals surface area contributed by atoms with Crippen molar-refractivity contribution in [3.8, 4) is 11.1 Å². The molecule has 4 heteroatoms. The summed E-state index contributed by atoms with van der Waals surface area (Å²) in [5.41, 5.74) is 0.790. The Morgan fingerprint density at radius 3 is 2.36 bits per heavy atom. The van der Waals surface area contributed by atoms with E-state index in [-0.39, 0.29) is 0 Å². The highest BCUT2D eigenvalue weighted by molar-refractivity contribution is 6.00. The molecule has 0 amide bonds. The zero-order chi connectivity index (χ0) is 15.7. The van der Waals surface area contributed by atoms with Crippen molar-refractivity contribution in [1.29, 1.82) is 0 Å². The van der Waals surface area contributed by atoms with Crippen molar-refractivity contribution in [1.82, 2.24) is 0 Å². The number of rotatable bonds is 2. The maximum atomic E-state index is 12.9. The maximum absolute atomic E-state index is 12.9. The van der Waals surface area contributed by atoms with Crippen molar-refractivity contribution in [2.75, 3.05) is 0 Å². The summed E-state index contributed by atoms with van der Waals surface area (Å²) in [6.07, 6.45) is -3.70. The van der Waals surface area contributed by atoms with Crippen molar-refractivity contribution >= 4 is 17.1 Å². The lowest BCUT2D eigenvalue weighted by Gasteiger charge is -2.11. The Morgan fingerprint density at radius 2 is 1.64 bits per heavy atom. The molecule has 0 unspecified atom stereocenters. The number of carbonyl (C=O) groups is 1. The molecule has 0 aliphatic carbocycles. The molecule has 3 aromatic rings. The van der Waals surface area contributed by atoms with E-state index in [4.69, 9.17) is 0 Å². The van der Waals surface area contributed by atoms with Crippen LogP contribution in [0.5, 0.6) is 0 Å². The molecular weight excluding hydrogens is 289 g/mol. The minimum atomic E-state index is -4.39. The number of alkyl halides is 3. The van der Waals surface area contributed by atoms with E-state index in [2.05, 4.69) is 0 Å². The van der Waals surface area contributed by atoms with Crippen LogP contribution in [-0.4, -0.2) is 6.29 Å². The normalized spacial score (nSPS) is 11.6. The van der Waals surface area contributed by atoms with Gasteiger partial charge in [0, 0.05) is 5.56 Å². The van der Waals surface area contributed by atoms with Crippen molar-refractivity contribution in [2.24, 2.45) is 0 Å². The van der Waals surface area contributed by atoms with Gasteiger partial charge in [0.25, 0.3) is 0 Å². The highest BCUT2D eigenvalue weighted by Crippen LogP contribution is 2.35. The zero-order valence-corrected chi connectivity index (χ0v) is 11.4. The largest absolute Gasteiger partial charge is 0.416 e. The highest BCUT2D eigenvalue weighted by Gasteiger charge is 2.30. The summed E-state index contributed by atoms with van der Waals surface area (Å²) in [5, 5.41) is 1.63. The topological polar surface area (TPSA) is 17.1 Å². The molecule has 0 radical (unpaired) electrons. The lowest BCUT2D eigenvalue weighted by Crippen LogP contribution is -2.04. The summed E-state index contributed by atoms with van der Waals surface area (Å²) < 4.78 is 38.7. The summed E-state index contributed by atoms with van der Waals surface area (Å²) in [6.45, 7) is 0. The van der Waals surface area contributed by atoms with Crippen LogP contribution in [0.1, 0.15) is 15.9 Å². The number of aldehydes is 1. The number of carbonyl (C=O) groups excluding carboxylic acids is 1. The molecule has 0 spiro atoms. The first-order valence-corrected chi connectivity index (χ1v) is 6.64. The molecule has 0 saturated heterocycles. The van der Waals surface area contributed by atoms with Gasteiger partial charge in [0.15, 0.2) is 0 Å². The number of halogens is 3. The van der Waals surface area contributed by atoms with Gasteiger partial charge in [0.05, 0.1) is 5.56 Å². The number of benzene rings is 3. The van der Waals surface area contributed by atoms with E-state index in [1.165, 1.54) is 6.07 Å². The van der Waals surface area contributed by atoms with E-state index in [0.29, 0.717) is 23.0 Å². The first-order chi connectivity index (χ1) is 10.5. The van der Waals surface area contributed by atoms with Crippen LogP contribution in [0.3, 0.4) is 0 Å². The van der Waals surface area contributed by atoms with Gasteiger partial charge in [-0.1, -0.05) is 36.4 Å². The Hall–Kier alpha value is -2.62. The smallest absolute Gasteiger partial charge is 0.298 e. The second-order valence-corrected chi connectivity index (χ2v) is 4.99. The van der Waals surface area contributed by atoms with Gasteiger partial charge in [0.2, 0.25) is 0 Å². The van der Waals surface area contributed by atoms with Crippen LogP contribution in [-0.2, 0) is 6.18 Å². The Labute approximate surface area is 125 Å². The van der Waals surface area contributed by atoms with Crippen LogP contribution < -0.4 is 0 Å². The second-order valence-electron chi connectivity index (χ2n) is 4.99. The third-order valence-corrected chi connectivity index (χ3v) is 3.52. The monoisotopic (exact) mass is 300 g/mol. The van der Waals surface area contributed by atoms with Crippen LogP contribution in [0, 0.1) is 0 Å². The zero-order valence-electron chi connectivity index (χ0n) is 11.4. The van der Waals surface area contributed by atoms with E-state index in [0.717, 1.165) is 22.9 Å². The predicted octanol–water partition coefficient (Wildman–Crippen LogP) is 5.34. The average molecular weight is 300 g/mol. The summed E-state index contributed by atoms with van der Waals surface area (Å²) >= 11 is 0. The highest BCUT2D eigenvalue weighted by atomic mass is 19.4. The van der Waals surface area contributed by atoms with Gasteiger partial charge < -0.3 is 0 Å². The molecule has 0 aromatic heterocycles. The molecule has 3 aromatic carbocycles. The summed E-state index contributed by atoms with van der Waals surface area (Å²) in [4.78, 5) is 11.1. The minimum absolute atomic E-state index is 0.436. The molecular formula is C18H11F3O. The standard InChI is InChI=1S/C18H11F3O/c19-18(20,21)15-6-3-5-14(10-15)17-9-12(11-22)8-13-4-1-2-7-16(13)17/h1-11H. The fourth-order valence-corrected chi connectivity index (χ4v) is 2.50. The van der Waals surface area contributed by atoms with Gasteiger partial charge in [-0.2, -0.15) is 13.2 Å². The molecule has 0 saturated carbocycles. The Bertz CT molecular complexity index is 850. The van der Waals surface area contributed by atoms with Crippen LogP contribution >= 0.6 is 0 Å². The molecule has 0 heterocycles. The lowest BCUT2D eigenvalue weighted by molar-refractivity contribution is -0.137. The quantitative estimate of drug-likeness (QED) is 0.584.